The summed E-state index contributed by atoms with van der Waals surface area (Å²) < 4.78 is 5.44. The molecule has 0 bridgehead atoms. The molecule has 0 radical (unpaired) electrons. The van der Waals surface area contributed by atoms with Crippen LogP contribution in [-0.4, -0.2) is 22.3 Å². The third kappa shape index (κ3) is 1.95. The molecule has 1 atom stereocenters. The number of carbonyl (C=O) groups is 1. The predicted octanol–water partition coefficient (Wildman–Crippen LogP) is 2.42. The van der Waals surface area contributed by atoms with E-state index < -0.39 is 0 Å². The van der Waals surface area contributed by atoms with Crippen LogP contribution in [0.4, 0.5) is 0 Å². The third-order valence-electron chi connectivity index (χ3n) is 3.34. The van der Waals surface area contributed by atoms with E-state index in [0.717, 1.165) is 30.0 Å². The fourth-order valence-electron chi connectivity index (χ4n) is 2.35. The van der Waals surface area contributed by atoms with E-state index in [1.807, 2.05) is 23.3 Å². The van der Waals surface area contributed by atoms with E-state index in [9.17, 15) is 4.79 Å². The number of aromatic nitrogens is 1. The number of hydrogen-bond donors (Lipinski definition) is 0. The lowest BCUT2D eigenvalue weighted by molar-refractivity contribution is -0.133. The van der Waals surface area contributed by atoms with Gasteiger partial charge >= 0.3 is 0 Å². The second kappa shape index (κ2) is 4.57. The van der Waals surface area contributed by atoms with Crippen molar-refractivity contribution in [2.24, 2.45) is 0 Å². The van der Waals surface area contributed by atoms with Crippen LogP contribution in [0.1, 0.15) is 29.9 Å². The normalized spacial score (nSPS) is 19.7. The van der Waals surface area contributed by atoms with Crippen LogP contribution in [0.25, 0.3) is 0 Å². The molecule has 0 spiro atoms. The molecule has 2 aromatic heterocycles. The van der Waals surface area contributed by atoms with Crippen LogP contribution in [0.2, 0.25) is 0 Å². The third-order valence-corrected chi connectivity index (χ3v) is 3.98. The van der Waals surface area contributed by atoms with Crippen LogP contribution in [0.15, 0.2) is 27.6 Å². The predicted molar refractivity (Wildman–Crippen MR) is 68.4 cm³/mol. The molecular formula is C13H14N2O2S. The minimum Gasteiger partial charge on any atom is -0.468 e. The summed E-state index contributed by atoms with van der Waals surface area (Å²) in [5, 5.41) is 1.99. The Kier molecular flexibility index (Phi) is 2.91. The van der Waals surface area contributed by atoms with E-state index in [0.29, 0.717) is 6.54 Å². The van der Waals surface area contributed by atoms with Crippen molar-refractivity contribution in [3.05, 3.63) is 40.2 Å². The van der Waals surface area contributed by atoms with Gasteiger partial charge in [-0.05, 0) is 25.0 Å². The Morgan fingerprint density at radius 3 is 3.28 bits per heavy atom. The topological polar surface area (TPSA) is 46.3 Å². The molecule has 1 aliphatic heterocycles. The Bertz CT molecular complexity index is 547. The lowest BCUT2D eigenvalue weighted by atomic mass is 10.0. The molecule has 1 amide bonds. The number of rotatable bonds is 2. The van der Waals surface area contributed by atoms with Crippen molar-refractivity contribution in [2.45, 2.75) is 25.8 Å². The molecule has 0 fully saturated rings. The van der Waals surface area contributed by atoms with Gasteiger partial charge in [-0.15, -0.1) is 11.3 Å². The lowest BCUT2D eigenvalue weighted by Crippen LogP contribution is -2.33. The van der Waals surface area contributed by atoms with Crippen LogP contribution in [0, 0.1) is 0 Å². The summed E-state index contributed by atoms with van der Waals surface area (Å²) in [4.78, 5) is 18.5. The van der Waals surface area contributed by atoms with Crippen LogP contribution in [-0.2, 0) is 17.8 Å². The van der Waals surface area contributed by atoms with Crippen LogP contribution >= 0.6 is 11.3 Å². The number of amides is 1. The monoisotopic (exact) mass is 262 g/mol. The van der Waals surface area contributed by atoms with Crippen molar-refractivity contribution in [2.75, 3.05) is 6.54 Å². The van der Waals surface area contributed by atoms with Gasteiger partial charge < -0.3 is 9.32 Å². The minimum absolute atomic E-state index is 0.122. The highest BCUT2D eigenvalue weighted by Crippen LogP contribution is 2.27. The van der Waals surface area contributed by atoms with Crippen molar-refractivity contribution in [1.82, 2.24) is 9.88 Å². The molecule has 3 rings (SSSR count). The van der Waals surface area contributed by atoms with Gasteiger partial charge in [0.2, 0.25) is 5.91 Å². The first-order valence-electron chi connectivity index (χ1n) is 5.98. The minimum atomic E-state index is -0.198. The molecule has 2 aromatic rings. The Labute approximate surface area is 109 Å². The number of carbonyl (C=O) groups excluding carboxylic acids is 1. The molecule has 94 valence electrons. The van der Waals surface area contributed by atoms with Gasteiger partial charge in [-0.2, -0.15) is 0 Å². The Balaban J connectivity index is 1.83. The SMILES string of the molecule is CC1C(=O)N(Cc2cscn2)CCc2ccoc21. The maximum absolute atomic E-state index is 12.4. The second-order valence-electron chi connectivity index (χ2n) is 4.52. The van der Waals surface area contributed by atoms with Crippen molar-refractivity contribution >= 4 is 17.2 Å². The van der Waals surface area contributed by atoms with Gasteiger partial charge in [0.1, 0.15) is 5.76 Å². The molecule has 0 saturated carbocycles. The van der Waals surface area contributed by atoms with E-state index in [1.165, 1.54) is 0 Å². The standard InChI is InChI=1S/C13H14N2O2S/c1-9-12-10(3-5-17-12)2-4-15(13(9)16)6-11-7-18-8-14-11/h3,5,7-9H,2,4,6H2,1H3. The largest absolute Gasteiger partial charge is 0.468 e. The summed E-state index contributed by atoms with van der Waals surface area (Å²) in [7, 11) is 0. The number of thiazole rings is 1. The van der Waals surface area contributed by atoms with Gasteiger partial charge in [0, 0.05) is 11.9 Å². The molecular weight excluding hydrogens is 248 g/mol. The molecule has 0 aliphatic carbocycles. The van der Waals surface area contributed by atoms with Crippen LogP contribution in [0.3, 0.4) is 0 Å². The molecule has 4 nitrogen and oxygen atoms in total. The zero-order chi connectivity index (χ0) is 12.5. The molecule has 18 heavy (non-hydrogen) atoms. The summed E-state index contributed by atoms with van der Waals surface area (Å²) in [5.74, 6) is 0.744. The average molecular weight is 262 g/mol. The van der Waals surface area contributed by atoms with Gasteiger partial charge in [-0.1, -0.05) is 0 Å². The molecule has 0 saturated heterocycles. The fourth-order valence-corrected chi connectivity index (χ4v) is 2.90. The van der Waals surface area contributed by atoms with E-state index in [1.54, 1.807) is 23.1 Å². The highest BCUT2D eigenvalue weighted by Gasteiger charge is 2.30. The van der Waals surface area contributed by atoms with Crippen LogP contribution in [0.5, 0.6) is 0 Å². The quantitative estimate of drug-likeness (QED) is 0.835. The summed E-state index contributed by atoms with van der Waals surface area (Å²) in [6.07, 6.45) is 2.52. The molecule has 1 aliphatic rings. The molecule has 1 unspecified atom stereocenters. The van der Waals surface area contributed by atoms with E-state index in [-0.39, 0.29) is 11.8 Å². The van der Waals surface area contributed by atoms with Gasteiger partial charge in [0.25, 0.3) is 0 Å². The van der Waals surface area contributed by atoms with Gasteiger partial charge in [-0.3, -0.25) is 4.79 Å². The smallest absolute Gasteiger partial charge is 0.233 e. The molecule has 0 N–H and O–H groups in total. The highest BCUT2D eigenvalue weighted by atomic mass is 32.1. The van der Waals surface area contributed by atoms with Crippen molar-refractivity contribution in [1.29, 1.82) is 0 Å². The summed E-state index contributed by atoms with van der Waals surface area (Å²) in [6.45, 7) is 3.23. The number of nitrogens with zero attached hydrogens (tertiary/aromatic N) is 2. The van der Waals surface area contributed by atoms with E-state index in [2.05, 4.69) is 4.98 Å². The zero-order valence-corrected chi connectivity index (χ0v) is 10.9. The zero-order valence-electron chi connectivity index (χ0n) is 10.1. The second-order valence-corrected chi connectivity index (χ2v) is 5.24. The first-order valence-corrected chi connectivity index (χ1v) is 6.92. The average Bonchev–Trinajstić information content (AvgIpc) is 3.01. The van der Waals surface area contributed by atoms with E-state index in [4.69, 9.17) is 4.42 Å². The maximum Gasteiger partial charge on any atom is 0.233 e. The summed E-state index contributed by atoms with van der Waals surface area (Å²) >= 11 is 1.56. The van der Waals surface area contributed by atoms with Gasteiger partial charge in [0.05, 0.1) is 29.9 Å². The number of furan rings is 1. The Morgan fingerprint density at radius 2 is 2.50 bits per heavy atom. The fraction of sp³-hybridized carbons (Fsp3) is 0.385. The molecule has 5 heteroatoms. The van der Waals surface area contributed by atoms with Crippen LogP contribution < -0.4 is 0 Å². The van der Waals surface area contributed by atoms with Gasteiger partial charge in [-0.25, -0.2) is 4.98 Å². The van der Waals surface area contributed by atoms with Gasteiger partial charge in [0.15, 0.2) is 0 Å². The summed E-state index contributed by atoms with van der Waals surface area (Å²) in [6, 6.07) is 1.96. The number of fused-ring (bicyclic) bond motifs is 1. The van der Waals surface area contributed by atoms with E-state index >= 15 is 0 Å². The Hall–Kier alpha value is -1.62. The Morgan fingerprint density at radius 1 is 1.61 bits per heavy atom. The van der Waals surface area contributed by atoms with Crippen molar-refractivity contribution in [3.63, 3.8) is 0 Å². The lowest BCUT2D eigenvalue weighted by Gasteiger charge is -2.21. The maximum atomic E-state index is 12.4. The summed E-state index contributed by atoms with van der Waals surface area (Å²) in [5.41, 5.74) is 3.90. The number of hydrogen-bond acceptors (Lipinski definition) is 4. The van der Waals surface area contributed by atoms with Crippen molar-refractivity contribution < 1.29 is 9.21 Å². The first kappa shape index (κ1) is 11.5. The molecule has 3 heterocycles. The highest BCUT2D eigenvalue weighted by molar-refractivity contribution is 7.07. The first-order chi connectivity index (χ1) is 8.75. The molecule has 0 aromatic carbocycles. The van der Waals surface area contributed by atoms with Crippen molar-refractivity contribution in [3.8, 4) is 0 Å².